The van der Waals surface area contributed by atoms with Gasteiger partial charge >= 0.3 is 0 Å². The van der Waals surface area contributed by atoms with E-state index in [2.05, 4.69) is 13.0 Å². The predicted molar refractivity (Wildman–Crippen MR) is 68.0 cm³/mol. The van der Waals surface area contributed by atoms with Gasteiger partial charge in [0.05, 0.1) is 12.7 Å². The molecule has 17 heavy (non-hydrogen) atoms. The highest BCUT2D eigenvalue weighted by atomic mass is 16.5. The van der Waals surface area contributed by atoms with Crippen molar-refractivity contribution in [1.82, 2.24) is 0 Å². The van der Waals surface area contributed by atoms with E-state index < -0.39 is 0 Å². The normalized spacial score (nSPS) is 24.9. The fourth-order valence-corrected chi connectivity index (χ4v) is 2.50. The Morgan fingerprint density at radius 2 is 2.24 bits per heavy atom. The van der Waals surface area contributed by atoms with Gasteiger partial charge in [0.1, 0.15) is 5.75 Å². The molecule has 3 heteroatoms. The summed E-state index contributed by atoms with van der Waals surface area (Å²) in [5.41, 5.74) is 6.72. The molecule has 2 unspecified atom stereocenters. The molecule has 0 aromatic heterocycles. The Morgan fingerprint density at radius 1 is 1.47 bits per heavy atom. The molecule has 2 atom stereocenters. The Morgan fingerprint density at radius 3 is 2.94 bits per heavy atom. The van der Waals surface area contributed by atoms with Crippen LogP contribution in [0.3, 0.4) is 0 Å². The molecule has 94 valence electrons. The van der Waals surface area contributed by atoms with E-state index >= 15 is 0 Å². The first-order valence-corrected chi connectivity index (χ1v) is 6.30. The van der Waals surface area contributed by atoms with Gasteiger partial charge in [-0.15, -0.1) is 0 Å². The molecular weight excluding hydrogens is 214 g/mol. The van der Waals surface area contributed by atoms with E-state index in [0.717, 1.165) is 30.6 Å². The molecule has 1 aliphatic heterocycles. The predicted octanol–water partition coefficient (Wildman–Crippen LogP) is 1.73. The van der Waals surface area contributed by atoms with Gasteiger partial charge in [-0.05, 0) is 24.5 Å². The van der Waals surface area contributed by atoms with E-state index in [-0.39, 0.29) is 11.5 Å². The zero-order valence-corrected chi connectivity index (χ0v) is 10.4. The van der Waals surface area contributed by atoms with Gasteiger partial charge in [0, 0.05) is 12.0 Å². The molecule has 0 spiro atoms. The first-order chi connectivity index (χ1) is 8.22. The van der Waals surface area contributed by atoms with E-state index in [0.29, 0.717) is 13.2 Å². The van der Waals surface area contributed by atoms with Crippen molar-refractivity contribution in [2.24, 2.45) is 11.1 Å². The highest BCUT2D eigenvalue weighted by Crippen LogP contribution is 2.37. The van der Waals surface area contributed by atoms with Gasteiger partial charge in [-0.25, -0.2) is 0 Å². The van der Waals surface area contributed by atoms with Crippen LogP contribution in [0, 0.1) is 5.41 Å². The second-order valence-corrected chi connectivity index (χ2v) is 4.94. The molecule has 2 rings (SSSR count). The minimum Gasteiger partial charge on any atom is -0.493 e. The molecule has 0 bridgehead atoms. The number of nitrogens with two attached hydrogens (primary N) is 1. The van der Waals surface area contributed by atoms with Crippen molar-refractivity contribution in [3.63, 3.8) is 0 Å². The van der Waals surface area contributed by atoms with Crippen LogP contribution in [0.4, 0.5) is 0 Å². The number of para-hydroxylation sites is 1. The van der Waals surface area contributed by atoms with Crippen molar-refractivity contribution >= 4 is 0 Å². The van der Waals surface area contributed by atoms with Gasteiger partial charge in [-0.3, -0.25) is 0 Å². The summed E-state index contributed by atoms with van der Waals surface area (Å²) in [6.07, 6.45) is 2.17. The number of rotatable bonds is 4. The van der Waals surface area contributed by atoms with Crippen molar-refractivity contribution < 1.29 is 9.84 Å². The molecule has 3 nitrogen and oxygen atoms in total. The van der Waals surface area contributed by atoms with Crippen LogP contribution in [0.15, 0.2) is 24.3 Å². The zero-order valence-electron chi connectivity index (χ0n) is 10.4. The second-order valence-electron chi connectivity index (χ2n) is 4.94. The maximum Gasteiger partial charge on any atom is 0.122 e. The van der Waals surface area contributed by atoms with Crippen LogP contribution < -0.4 is 10.5 Å². The van der Waals surface area contributed by atoms with Crippen LogP contribution in [-0.4, -0.2) is 24.4 Å². The van der Waals surface area contributed by atoms with E-state index in [4.69, 9.17) is 10.5 Å². The number of hydrogen-bond acceptors (Lipinski definition) is 3. The SMILES string of the molecule is CCCC(O)C1(CN)COc2ccccc2C1. The molecule has 1 heterocycles. The molecular formula is C14H21NO2. The molecule has 0 fully saturated rings. The lowest BCUT2D eigenvalue weighted by molar-refractivity contribution is -0.0190. The monoisotopic (exact) mass is 235 g/mol. The minimum atomic E-state index is -0.383. The third kappa shape index (κ3) is 2.31. The zero-order chi connectivity index (χ0) is 12.3. The lowest BCUT2D eigenvalue weighted by Gasteiger charge is -2.40. The van der Waals surface area contributed by atoms with Crippen LogP contribution in [-0.2, 0) is 6.42 Å². The number of hydrogen-bond donors (Lipinski definition) is 2. The maximum absolute atomic E-state index is 10.3. The second kappa shape index (κ2) is 5.07. The van der Waals surface area contributed by atoms with Crippen LogP contribution in [0.2, 0.25) is 0 Å². The van der Waals surface area contributed by atoms with E-state index in [1.807, 2.05) is 18.2 Å². The average Bonchev–Trinajstić information content (AvgIpc) is 2.38. The minimum absolute atomic E-state index is 0.315. The highest BCUT2D eigenvalue weighted by Gasteiger charge is 2.40. The van der Waals surface area contributed by atoms with Gasteiger partial charge in [-0.2, -0.15) is 0 Å². The summed E-state index contributed by atoms with van der Waals surface area (Å²) in [7, 11) is 0. The van der Waals surface area contributed by atoms with Crippen molar-refractivity contribution in [2.45, 2.75) is 32.3 Å². The van der Waals surface area contributed by atoms with E-state index in [1.54, 1.807) is 0 Å². The molecule has 0 saturated carbocycles. The summed E-state index contributed by atoms with van der Waals surface area (Å²) < 4.78 is 5.76. The summed E-state index contributed by atoms with van der Waals surface area (Å²) in [6.45, 7) is 3.05. The van der Waals surface area contributed by atoms with Gasteiger partial charge in [0.15, 0.2) is 0 Å². The lowest BCUT2D eigenvalue weighted by atomic mass is 9.74. The molecule has 1 aromatic rings. The van der Waals surface area contributed by atoms with Crippen molar-refractivity contribution in [3.8, 4) is 5.75 Å². The third-order valence-electron chi connectivity index (χ3n) is 3.71. The highest BCUT2D eigenvalue weighted by molar-refractivity contribution is 5.36. The fourth-order valence-electron chi connectivity index (χ4n) is 2.50. The topological polar surface area (TPSA) is 55.5 Å². The van der Waals surface area contributed by atoms with Crippen LogP contribution in [0.1, 0.15) is 25.3 Å². The lowest BCUT2D eigenvalue weighted by Crippen LogP contribution is -2.50. The van der Waals surface area contributed by atoms with Gasteiger partial charge < -0.3 is 15.6 Å². The summed E-state index contributed by atoms with van der Waals surface area (Å²) in [4.78, 5) is 0. The van der Waals surface area contributed by atoms with Crippen LogP contribution in [0.5, 0.6) is 5.75 Å². The number of benzene rings is 1. The quantitative estimate of drug-likeness (QED) is 0.835. The standard InChI is InChI=1S/C14H21NO2/c1-2-5-13(16)14(9-15)8-11-6-3-4-7-12(11)17-10-14/h3-4,6-7,13,16H,2,5,8-10,15H2,1H3. The summed E-state index contributed by atoms with van der Waals surface area (Å²) in [5.74, 6) is 0.931. The van der Waals surface area contributed by atoms with Crippen LogP contribution >= 0.6 is 0 Å². The first kappa shape index (κ1) is 12.4. The molecule has 0 aliphatic carbocycles. The number of fused-ring (bicyclic) bond motifs is 1. The Kier molecular flexibility index (Phi) is 3.69. The van der Waals surface area contributed by atoms with Gasteiger partial charge in [-0.1, -0.05) is 31.5 Å². The summed E-state index contributed by atoms with van der Waals surface area (Å²) in [6, 6.07) is 8.00. The molecule has 1 aromatic carbocycles. The maximum atomic E-state index is 10.3. The summed E-state index contributed by atoms with van der Waals surface area (Å²) in [5, 5.41) is 10.3. The summed E-state index contributed by atoms with van der Waals surface area (Å²) >= 11 is 0. The number of aliphatic hydroxyl groups excluding tert-OH is 1. The number of ether oxygens (including phenoxy) is 1. The van der Waals surface area contributed by atoms with E-state index in [9.17, 15) is 5.11 Å². The number of aliphatic hydroxyl groups is 1. The Hall–Kier alpha value is -1.06. The molecule has 3 N–H and O–H groups in total. The van der Waals surface area contributed by atoms with Crippen molar-refractivity contribution in [1.29, 1.82) is 0 Å². The van der Waals surface area contributed by atoms with Crippen molar-refractivity contribution in [3.05, 3.63) is 29.8 Å². The third-order valence-corrected chi connectivity index (χ3v) is 3.71. The Balaban J connectivity index is 2.23. The largest absolute Gasteiger partial charge is 0.493 e. The average molecular weight is 235 g/mol. The van der Waals surface area contributed by atoms with Crippen molar-refractivity contribution in [2.75, 3.05) is 13.2 Å². The Labute approximate surface area is 103 Å². The molecule has 0 radical (unpaired) electrons. The molecule has 0 amide bonds. The molecule has 0 saturated heterocycles. The van der Waals surface area contributed by atoms with Gasteiger partial charge in [0.2, 0.25) is 0 Å². The van der Waals surface area contributed by atoms with Gasteiger partial charge in [0.25, 0.3) is 0 Å². The smallest absolute Gasteiger partial charge is 0.122 e. The molecule has 1 aliphatic rings. The fraction of sp³-hybridized carbons (Fsp3) is 0.571. The Bertz CT molecular complexity index is 380. The first-order valence-electron chi connectivity index (χ1n) is 6.30. The van der Waals surface area contributed by atoms with E-state index in [1.165, 1.54) is 0 Å². The van der Waals surface area contributed by atoms with Crippen LogP contribution in [0.25, 0.3) is 0 Å².